The lowest BCUT2D eigenvalue weighted by molar-refractivity contribution is -0.140. The van der Waals surface area contributed by atoms with Gasteiger partial charge in [-0.1, -0.05) is 17.7 Å². The van der Waals surface area contributed by atoms with Crippen molar-refractivity contribution in [2.45, 2.75) is 0 Å². The topological polar surface area (TPSA) is 78.0 Å². The van der Waals surface area contributed by atoms with Crippen molar-refractivity contribution in [1.29, 1.82) is 0 Å². The van der Waals surface area contributed by atoms with Crippen molar-refractivity contribution < 1.29 is 23.8 Å². The normalized spacial score (nSPS) is 14.6. The van der Waals surface area contributed by atoms with Crippen molar-refractivity contribution in [3.8, 4) is 0 Å². The lowest BCUT2D eigenvalue weighted by atomic mass is 10.1. The first-order valence-corrected chi connectivity index (χ1v) is 7.74. The molecule has 2 heterocycles. The zero-order valence-corrected chi connectivity index (χ0v) is 14.4. The summed E-state index contributed by atoms with van der Waals surface area (Å²) in [4.78, 5) is 30.3. The van der Waals surface area contributed by atoms with Crippen LogP contribution in [0.1, 0.15) is 0 Å². The molecule has 8 heteroatoms. The highest BCUT2D eigenvalue weighted by Crippen LogP contribution is 2.33. The molecule has 1 aromatic heterocycles. The van der Waals surface area contributed by atoms with Gasteiger partial charge in [0.05, 0.1) is 42.6 Å². The van der Waals surface area contributed by atoms with Crippen LogP contribution in [-0.4, -0.2) is 44.5 Å². The third kappa shape index (κ3) is 3.16. The molecular weight excluding hydrogens is 348 g/mol. The number of methoxy groups -OCH3 is 2. The number of fused-ring (bicyclic) bond motifs is 1. The number of esters is 2. The molecule has 2 aromatic rings. The van der Waals surface area contributed by atoms with Gasteiger partial charge in [0.1, 0.15) is 12.4 Å². The van der Waals surface area contributed by atoms with Gasteiger partial charge in [0.25, 0.3) is 0 Å². The second-order valence-corrected chi connectivity index (χ2v) is 5.65. The van der Waals surface area contributed by atoms with E-state index >= 15 is 0 Å². The average Bonchev–Trinajstić information content (AvgIpc) is 2.65. The highest BCUT2D eigenvalue weighted by molar-refractivity contribution is 6.31. The van der Waals surface area contributed by atoms with Crippen LogP contribution in [0.15, 0.2) is 41.7 Å². The van der Waals surface area contributed by atoms with Crippen molar-refractivity contribution in [1.82, 2.24) is 4.98 Å². The molecular formula is C17H15ClN2O5. The van der Waals surface area contributed by atoms with Gasteiger partial charge < -0.3 is 19.1 Å². The van der Waals surface area contributed by atoms with E-state index in [0.717, 1.165) is 0 Å². The highest BCUT2D eigenvalue weighted by Gasteiger charge is 2.33. The van der Waals surface area contributed by atoms with Crippen LogP contribution in [0.4, 0.5) is 5.69 Å². The molecule has 0 N–H and O–H groups in total. The fourth-order valence-corrected chi connectivity index (χ4v) is 2.83. The van der Waals surface area contributed by atoms with Crippen LogP contribution in [0.5, 0.6) is 0 Å². The molecule has 1 aliphatic rings. The number of anilines is 1. The molecule has 0 amide bonds. The number of nitrogens with zero attached hydrogens (tertiary/aromatic N) is 2. The maximum absolute atomic E-state index is 12.4. The van der Waals surface area contributed by atoms with Crippen LogP contribution >= 0.6 is 11.6 Å². The Labute approximate surface area is 148 Å². The Kier molecular flexibility index (Phi) is 4.87. The van der Waals surface area contributed by atoms with Crippen molar-refractivity contribution >= 4 is 40.1 Å². The summed E-state index contributed by atoms with van der Waals surface area (Å²) in [6.45, 7) is 0.0218. The summed E-state index contributed by atoms with van der Waals surface area (Å²) in [5.41, 5.74) is 1.48. The van der Waals surface area contributed by atoms with E-state index in [1.54, 1.807) is 23.1 Å². The summed E-state index contributed by atoms with van der Waals surface area (Å²) < 4.78 is 15.1. The molecule has 0 saturated heterocycles. The first-order valence-electron chi connectivity index (χ1n) is 7.36. The minimum Gasteiger partial charge on any atom is -0.466 e. The number of pyridine rings is 1. The van der Waals surface area contributed by atoms with Gasteiger partial charge in [-0.2, -0.15) is 0 Å². The summed E-state index contributed by atoms with van der Waals surface area (Å²) in [6.07, 6.45) is 1.54. The van der Waals surface area contributed by atoms with Gasteiger partial charge in [0.15, 0.2) is 0 Å². The minimum absolute atomic E-state index is 0.0443. The number of rotatable bonds is 3. The second kappa shape index (κ2) is 7.08. The third-order valence-electron chi connectivity index (χ3n) is 3.79. The number of halogens is 1. The van der Waals surface area contributed by atoms with E-state index < -0.39 is 11.9 Å². The number of aromatic nitrogens is 1. The molecule has 25 heavy (non-hydrogen) atoms. The molecule has 0 saturated carbocycles. The van der Waals surface area contributed by atoms with E-state index in [4.69, 9.17) is 25.8 Å². The Morgan fingerprint density at radius 2 is 2.00 bits per heavy atom. The fourth-order valence-electron chi connectivity index (χ4n) is 2.68. The van der Waals surface area contributed by atoms with Crippen molar-refractivity contribution in [2.75, 3.05) is 32.5 Å². The second-order valence-electron chi connectivity index (χ2n) is 5.21. The standard InChI is InChI=1S/C17H15ClN2O5/c1-23-16(21)12-8-25-9-20(15(12)17(22)24-2)14-5-3-4-13-11(14)6-10(18)7-19-13/h3-7H,8-9H2,1-2H3. The van der Waals surface area contributed by atoms with Crippen molar-refractivity contribution in [3.05, 3.63) is 46.8 Å². The number of hydrogen-bond donors (Lipinski definition) is 0. The molecule has 0 fully saturated rings. The minimum atomic E-state index is -0.657. The molecule has 1 aliphatic heterocycles. The fraction of sp³-hybridized carbons (Fsp3) is 0.235. The smallest absolute Gasteiger partial charge is 0.355 e. The van der Waals surface area contributed by atoms with E-state index in [1.807, 2.05) is 6.07 Å². The monoisotopic (exact) mass is 362 g/mol. The van der Waals surface area contributed by atoms with E-state index in [0.29, 0.717) is 21.6 Å². The molecule has 3 rings (SSSR count). The van der Waals surface area contributed by atoms with Crippen molar-refractivity contribution in [3.63, 3.8) is 0 Å². The first-order chi connectivity index (χ1) is 12.1. The van der Waals surface area contributed by atoms with Crippen LogP contribution in [0.3, 0.4) is 0 Å². The van der Waals surface area contributed by atoms with Gasteiger partial charge in [-0.05, 0) is 18.2 Å². The summed E-state index contributed by atoms with van der Waals surface area (Å²) in [7, 11) is 2.49. The Hall–Kier alpha value is -2.64. The zero-order valence-electron chi connectivity index (χ0n) is 13.6. The van der Waals surface area contributed by atoms with Gasteiger partial charge >= 0.3 is 11.9 Å². The molecule has 0 bridgehead atoms. The Morgan fingerprint density at radius 3 is 2.72 bits per heavy atom. The quantitative estimate of drug-likeness (QED) is 0.775. The maximum Gasteiger partial charge on any atom is 0.355 e. The molecule has 0 aliphatic carbocycles. The molecule has 1 aromatic carbocycles. The van der Waals surface area contributed by atoms with E-state index in [2.05, 4.69) is 4.98 Å². The van der Waals surface area contributed by atoms with Crippen LogP contribution < -0.4 is 4.90 Å². The molecule has 0 radical (unpaired) electrons. The molecule has 0 spiro atoms. The number of ether oxygens (including phenoxy) is 3. The Morgan fingerprint density at radius 1 is 1.24 bits per heavy atom. The van der Waals surface area contributed by atoms with Crippen LogP contribution in [0, 0.1) is 0 Å². The van der Waals surface area contributed by atoms with Crippen LogP contribution in [-0.2, 0) is 23.8 Å². The predicted octanol–water partition coefficient (Wildman–Crippen LogP) is 2.28. The highest BCUT2D eigenvalue weighted by atomic mass is 35.5. The molecule has 7 nitrogen and oxygen atoms in total. The van der Waals surface area contributed by atoms with Crippen LogP contribution in [0.2, 0.25) is 5.02 Å². The summed E-state index contributed by atoms with van der Waals surface area (Å²) in [6, 6.07) is 7.13. The number of carbonyl (C=O) groups excluding carboxylic acids is 2. The van der Waals surface area contributed by atoms with Crippen LogP contribution in [0.25, 0.3) is 10.9 Å². The largest absolute Gasteiger partial charge is 0.466 e. The van der Waals surface area contributed by atoms with Gasteiger partial charge in [-0.25, -0.2) is 9.59 Å². The molecule has 0 atom stereocenters. The Balaban J connectivity index is 2.23. The lowest BCUT2D eigenvalue weighted by Gasteiger charge is -2.32. The van der Waals surface area contributed by atoms with E-state index in [9.17, 15) is 9.59 Å². The molecule has 130 valence electrons. The van der Waals surface area contributed by atoms with Crippen molar-refractivity contribution in [2.24, 2.45) is 0 Å². The first kappa shape index (κ1) is 17.2. The number of carbonyl (C=O) groups is 2. The van der Waals surface area contributed by atoms with Gasteiger partial charge in [-0.15, -0.1) is 0 Å². The number of benzene rings is 1. The molecule has 0 unspecified atom stereocenters. The SMILES string of the molecule is COC(=O)C1=C(C(=O)OC)N(c2cccc3ncc(Cl)cc23)COC1. The summed E-state index contributed by atoms with van der Waals surface area (Å²) in [5.74, 6) is -1.31. The lowest BCUT2D eigenvalue weighted by Crippen LogP contribution is -2.38. The number of hydrogen-bond acceptors (Lipinski definition) is 7. The van der Waals surface area contributed by atoms with Gasteiger partial charge in [-0.3, -0.25) is 4.98 Å². The Bertz CT molecular complexity index is 880. The third-order valence-corrected chi connectivity index (χ3v) is 4.00. The van der Waals surface area contributed by atoms with Gasteiger partial charge in [0.2, 0.25) is 0 Å². The van der Waals surface area contributed by atoms with Gasteiger partial charge in [0, 0.05) is 11.6 Å². The van der Waals surface area contributed by atoms with E-state index in [1.165, 1.54) is 20.4 Å². The van der Waals surface area contributed by atoms with E-state index in [-0.39, 0.29) is 24.6 Å². The maximum atomic E-state index is 12.4. The predicted molar refractivity (Wildman–Crippen MR) is 91.1 cm³/mol. The zero-order chi connectivity index (χ0) is 18.0. The summed E-state index contributed by atoms with van der Waals surface area (Å²) in [5, 5.41) is 1.17. The average molecular weight is 363 g/mol. The summed E-state index contributed by atoms with van der Waals surface area (Å²) >= 11 is 6.07.